The van der Waals surface area contributed by atoms with Crippen molar-refractivity contribution in [2.24, 2.45) is 11.3 Å². The number of aliphatic hydroxyl groups is 1. The maximum Gasteiger partial charge on any atom is 0.433 e. The highest BCUT2D eigenvalue weighted by molar-refractivity contribution is 7.15. The molecule has 9 nitrogen and oxygen atoms in total. The van der Waals surface area contributed by atoms with Crippen LogP contribution in [0.2, 0.25) is 0 Å². The van der Waals surface area contributed by atoms with E-state index in [0.717, 1.165) is 12.3 Å². The van der Waals surface area contributed by atoms with Crippen LogP contribution in [0.5, 0.6) is 0 Å². The molecule has 13 heteroatoms. The summed E-state index contributed by atoms with van der Waals surface area (Å²) in [6.45, 7) is 3.67. The molecular weight excluding hydrogens is 509 g/mol. The van der Waals surface area contributed by atoms with Crippen molar-refractivity contribution in [1.82, 2.24) is 25.1 Å². The number of carboxylic acid groups (broad SMARTS) is 1. The number of halogens is 3. The molecule has 4 aromatic rings. The molecule has 194 valence electrons. The number of hydrogen-bond acceptors (Lipinski definition) is 8. The molecule has 37 heavy (non-hydrogen) atoms. The zero-order chi connectivity index (χ0) is 26.6. The quantitative estimate of drug-likeness (QED) is 0.270. The molecule has 0 saturated heterocycles. The molecule has 3 aromatic heterocycles. The Balaban J connectivity index is 1.48. The summed E-state index contributed by atoms with van der Waals surface area (Å²) >= 11 is 1.28. The lowest BCUT2D eigenvalue weighted by atomic mass is 9.63. The van der Waals surface area contributed by atoms with Crippen LogP contribution < -0.4 is 5.32 Å². The van der Waals surface area contributed by atoms with E-state index >= 15 is 0 Å². The fourth-order valence-electron chi connectivity index (χ4n) is 5.02. The van der Waals surface area contributed by atoms with Gasteiger partial charge in [-0.05, 0) is 42.9 Å². The molecule has 1 aliphatic carbocycles. The highest BCUT2D eigenvalue weighted by Gasteiger charge is 2.49. The van der Waals surface area contributed by atoms with Gasteiger partial charge in [0.2, 0.25) is 5.95 Å². The number of aliphatic carboxylic acids is 1. The van der Waals surface area contributed by atoms with E-state index in [1.165, 1.54) is 11.3 Å². The Kier molecular flexibility index (Phi) is 5.94. The van der Waals surface area contributed by atoms with Crippen LogP contribution in [0.1, 0.15) is 43.8 Å². The Hall–Kier alpha value is -3.58. The van der Waals surface area contributed by atoms with Gasteiger partial charge < -0.3 is 15.5 Å². The summed E-state index contributed by atoms with van der Waals surface area (Å²) in [5.74, 6) is -1.64. The molecular formula is C24H23F3N6O3S. The lowest BCUT2D eigenvalue weighted by molar-refractivity contribution is -0.154. The van der Waals surface area contributed by atoms with Crippen molar-refractivity contribution in [1.29, 1.82) is 0 Å². The lowest BCUT2D eigenvalue weighted by Crippen LogP contribution is -2.44. The predicted octanol–water partition coefficient (Wildman–Crippen LogP) is 5.34. The number of aromatic nitrogens is 5. The van der Waals surface area contributed by atoms with Crippen LogP contribution in [-0.2, 0) is 16.6 Å². The highest BCUT2D eigenvalue weighted by Crippen LogP contribution is 2.51. The number of aromatic amines is 1. The van der Waals surface area contributed by atoms with E-state index < -0.39 is 34.8 Å². The van der Waals surface area contributed by atoms with Crippen LogP contribution in [0, 0.1) is 11.3 Å². The van der Waals surface area contributed by atoms with Gasteiger partial charge in [0.1, 0.15) is 16.3 Å². The maximum absolute atomic E-state index is 13.1. The number of anilines is 2. The molecule has 1 saturated carbocycles. The van der Waals surface area contributed by atoms with Crippen molar-refractivity contribution in [2.75, 3.05) is 5.32 Å². The van der Waals surface area contributed by atoms with Gasteiger partial charge in [-0.25, -0.2) is 15.0 Å². The number of hydrogen-bond donors (Lipinski definition) is 4. The summed E-state index contributed by atoms with van der Waals surface area (Å²) in [7, 11) is 0. The molecule has 0 aliphatic heterocycles. The first kappa shape index (κ1) is 25.1. The summed E-state index contributed by atoms with van der Waals surface area (Å²) in [6.07, 6.45) is 0.487. The van der Waals surface area contributed by atoms with E-state index in [-0.39, 0.29) is 18.8 Å². The summed E-state index contributed by atoms with van der Waals surface area (Å²) in [4.78, 5) is 24.3. The number of nitrogens with zero attached hydrogens (tertiary/aromatic N) is 4. The first-order valence-electron chi connectivity index (χ1n) is 11.4. The highest BCUT2D eigenvalue weighted by atomic mass is 32.1. The largest absolute Gasteiger partial charge is 0.481 e. The molecule has 1 aromatic carbocycles. The number of carboxylic acids is 1. The minimum absolute atomic E-state index is 0.208. The normalized spacial score (nSPS) is 21.7. The summed E-state index contributed by atoms with van der Waals surface area (Å²) < 4.78 is 39.2. The Morgan fingerprint density at radius 2 is 2.03 bits per heavy atom. The van der Waals surface area contributed by atoms with E-state index in [4.69, 9.17) is 0 Å². The molecule has 0 amide bonds. The second-order valence-electron chi connectivity index (χ2n) is 9.90. The Bertz CT molecular complexity index is 1480. The molecule has 4 N–H and O–H groups in total. The minimum atomic E-state index is -4.60. The standard InChI is InChI=1S/C24H23F3N6O3S/c1-22(2)11-23(36,5-3-15(22)19(34)35)20-29-10-16(37-20)14-8-13(7-12-9-30-33-18(12)14)31-21-28-6-4-17(32-21)24(25,26)27/h4,6-10,15,36H,3,5,11H2,1-2H3,(H,30,33)(H,34,35)(H,28,31,32). The maximum atomic E-state index is 13.1. The molecule has 0 spiro atoms. The molecule has 1 fully saturated rings. The molecule has 0 radical (unpaired) electrons. The number of alkyl halides is 3. The van der Waals surface area contributed by atoms with Gasteiger partial charge in [0, 0.05) is 29.0 Å². The molecule has 2 atom stereocenters. The van der Waals surface area contributed by atoms with Crippen molar-refractivity contribution in [3.8, 4) is 10.4 Å². The van der Waals surface area contributed by atoms with E-state index in [0.29, 0.717) is 38.5 Å². The van der Waals surface area contributed by atoms with E-state index in [2.05, 4.69) is 30.5 Å². The second kappa shape index (κ2) is 8.77. The van der Waals surface area contributed by atoms with Gasteiger partial charge in [-0.2, -0.15) is 18.3 Å². The Labute approximate surface area is 212 Å². The van der Waals surface area contributed by atoms with Crippen molar-refractivity contribution in [3.05, 3.63) is 47.5 Å². The Morgan fingerprint density at radius 3 is 2.73 bits per heavy atom. The molecule has 1 aliphatic rings. The average molecular weight is 533 g/mol. The van der Waals surface area contributed by atoms with Crippen LogP contribution in [0.4, 0.5) is 24.8 Å². The number of rotatable bonds is 5. The third-order valence-electron chi connectivity index (χ3n) is 6.76. The van der Waals surface area contributed by atoms with Gasteiger partial charge in [-0.15, -0.1) is 11.3 Å². The Morgan fingerprint density at radius 1 is 1.24 bits per heavy atom. The summed E-state index contributed by atoms with van der Waals surface area (Å²) in [6, 6.07) is 4.22. The monoisotopic (exact) mass is 532 g/mol. The average Bonchev–Trinajstić information content (AvgIpc) is 3.47. The summed E-state index contributed by atoms with van der Waals surface area (Å²) in [5.41, 5.74) is -1.15. The number of benzene rings is 1. The van der Waals surface area contributed by atoms with E-state index in [9.17, 15) is 28.2 Å². The van der Waals surface area contributed by atoms with Gasteiger partial charge >= 0.3 is 12.1 Å². The third-order valence-corrected chi connectivity index (χ3v) is 7.98. The van der Waals surface area contributed by atoms with Crippen LogP contribution in [0.15, 0.2) is 36.8 Å². The van der Waals surface area contributed by atoms with Gasteiger partial charge in [0.05, 0.1) is 22.5 Å². The van der Waals surface area contributed by atoms with Gasteiger partial charge in [0.15, 0.2) is 0 Å². The first-order chi connectivity index (χ1) is 17.4. The zero-order valence-corrected chi connectivity index (χ0v) is 20.6. The molecule has 0 bridgehead atoms. The minimum Gasteiger partial charge on any atom is -0.481 e. The first-order valence-corrected chi connectivity index (χ1v) is 12.2. The van der Waals surface area contributed by atoms with Crippen LogP contribution in [-0.4, -0.2) is 41.3 Å². The number of carbonyl (C=O) groups is 1. The van der Waals surface area contributed by atoms with Crippen molar-refractivity contribution in [3.63, 3.8) is 0 Å². The van der Waals surface area contributed by atoms with Crippen molar-refractivity contribution >= 4 is 39.8 Å². The van der Waals surface area contributed by atoms with E-state index in [1.807, 2.05) is 13.8 Å². The molecule has 2 unspecified atom stereocenters. The van der Waals surface area contributed by atoms with Crippen LogP contribution in [0.3, 0.4) is 0 Å². The number of H-pyrrole nitrogens is 1. The van der Waals surface area contributed by atoms with Gasteiger partial charge in [0.25, 0.3) is 0 Å². The smallest absolute Gasteiger partial charge is 0.433 e. The number of nitrogens with one attached hydrogen (secondary N) is 2. The topological polar surface area (TPSA) is 137 Å². The second-order valence-corrected chi connectivity index (χ2v) is 10.9. The van der Waals surface area contributed by atoms with Crippen LogP contribution >= 0.6 is 11.3 Å². The van der Waals surface area contributed by atoms with Crippen molar-refractivity contribution in [2.45, 2.75) is 44.9 Å². The van der Waals surface area contributed by atoms with Gasteiger partial charge in [-0.1, -0.05) is 13.8 Å². The number of fused-ring (bicyclic) bond motifs is 1. The SMILES string of the molecule is CC1(C)CC(O)(c2ncc(-c3cc(Nc4nccc(C(F)(F)F)n4)cc4cn[nH]c34)s2)CCC1C(=O)O. The lowest BCUT2D eigenvalue weighted by Gasteiger charge is -2.44. The summed E-state index contributed by atoms with van der Waals surface area (Å²) in [5, 5.41) is 32.0. The van der Waals surface area contributed by atoms with Gasteiger partial charge in [-0.3, -0.25) is 9.89 Å². The number of thiazole rings is 1. The van der Waals surface area contributed by atoms with Crippen molar-refractivity contribution < 1.29 is 28.2 Å². The fraction of sp³-hybridized carbons (Fsp3) is 0.375. The third kappa shape index (κ3) is 4.76. The molecule has 5 rings (SSSR count). The fourth-order valence-corrected chi connectivity index (χ4v) is 6.08. The predicted molar refractivity (Wildman–Crippen MR) is 130 cm³/mol. The van der Waals surface area contributed by atoms with Crippen LogP contribution in [0.25, 0.3) is 21.3 Å². The van der Waals surface area contributed by atoms with E-state index in [1.54, 1.807) is 24.5 Å². The molecule has 3 heterocycles. The zero-order valence-electron chi connectivity index (χ0n) is 19.8.